The number of aromatic amines is 2. The molecule has 0 radical (unpaired) electrons. The number of nitrogens with one attached hydrogen (secondary N) is 3. The molecule has 0 fully saturated rings. The van der Waals surface area contributed by atoms with E-state index in [2.05, 4.69) is 25.1 Å². The van der Waals surface area contributed by atoms with Crippen molar-refractivity contribution in [2.24, 2.45) is 5.73 Å². The van der Waals surface area contributed by atoms with E-state index < -0.39 is 10.0 Å². The minimum absolute atomic E-state index is 0.0464. The van der Waals surface area contributed by atoms with E-state index >= 15 is 0 Å². The summed E-state index contributed by atoms with van der Waals surface area (Å²) in [6, 6.07) is 0. The zero-order valence-electron chi connectivity index (χ0n) is 8.14. The monoisotopic (exact) mass is 242 g/mol. The van der Waals surface area contributed by atoms with Crippen LogP contribution in [0.1, 0.15) is 5.56 Å². The molecule has 0 saturated carbocycles. The molecule has 8 nitrogen and oxygen atoms in total. The fourth-order valence-electron chi connectivity index (χ4n) is 1.13. The summed E-state index contributed by atoms with van der Waals surface area (Å²) in [6.45, 7) is 0.194. The van der Waals surface area contributed by atoms with Crippen molar-refractivity contribution in [2.45, 2.75) is 11.4 Å². The number of aromatic nitrogens is 4. The Morgan fingerprint density at radius 1 is 1.38 bits per heavy atom. The molecule has 0 atom stereocenters. The molecule has 0 aliphatic rings. The van der Waals surface area contributed by atoms with Crippen molar-refractivity contribution in [2.75, 3.05) is 4.72 Å². The predicted molar refractivity (Wildman–Crippen MR) is 55.9 cm³/mol. The second kappa shape index (κ2) is 3.94. The second-order valence-corrected chi connectivity index (χ2v) is 4.70. The van der Waals surface area contributed by atoms with Crippen LogP contribution in [0.4, 0.5) is 5.82 Å². The van der Waals surface area contributed by atoms with Crippen molar-refractivity contribution < 1.29 is 8.42 Å². The van der Waals surface area contributed by atoms with Gasteiger partial charge in [0.05, 0.1) is 12.4 Å². The Kier molecular flexibility index (Phi) is 2.62. The molecule has 0 aliphatic heterocycles. The standard InChI is InChI=1S/C7H10N6O2S/c8-1-5-2-11-12-7(5)13-16(14,15)6-3-9-10-4-6/h2-4H,1,8H2,(H,9,10)(H2,11,12,13). The Bertz CT molecular complexity index is 557. The van der Waals surface area contributed by atoms with Gasteiger partial charge in [0.25, 0.3) is 10.0 Å². The highest BCUT2D eigenvalue weighted by Crippen LogP contribution is 2.15. The summed E-state index contributed by atoms with van der Waals surface area (Å²) < 4.78 is 25.9. The third kappa shape index (κ3) is 1.90. The van der Waals surface area contributed by atoms with Gasteiger partial charge in [0.2, 0.25) is 0 Å². The van der Waals surface area contributed by atoms with E-state index in [-0.39, 0.29) is 17.3 Å². The summed E-state index contributed by atoms with van der Waals surface area (Å²) >= 11 is 0. The molecule has 0 saturated heterocycles. The van der Waals surface area contributed by atoms with E-state index in [1.807, 2.05) is 0 Å². The van der Waals surface area contributed by atoms with Crippen molar-refractivity contribution in [1.82, 2.24) is 20.4 Å². The van der Waals surface area contributed by atoms with Crippen LogP contribution in [0.2, 0.25) is 0 Å². The average Bonchev–Trinajstić information content (AvgIpc) is 2.86. The molecule has 5 N–H and O–H groups in total. The fraction of sp³-hybridized carbons (Fsp3) is 0.143. The molecule has 0 spiro atoms. The first-order valence-corrected chi connectivity index (χ1v) is 5.85. The summed E-state index contributed by atoms with van der Waals surface area (Å²) in [7, 11) is -3.64. The third-order valence-electron chi connectivity index (χ3n) is 1.96. The van der Waals surface area contributed by atoms with Gasteiger partial charge >= 0.3 is 0 Å². The maximum Gasteiger partial charge on any atom is 0.266 e. The van der Waals surface area contributed by atoms with E-state index in [4.69, 9.17) is 5.73 Å². The lowest BCUT2D eigenvalue weighted by molar-refractivity contribution is 0.601. The van der Waals surface area contributed by atoms with Gasteiger partial charge in [-0.2, -0.15) is 10.2 Å². The van der Waals surface area contributed by atoms with Gasteiger partial charge in [-0.15, -0.1) is 0 Å². The average molecular weight is 242 g/mol. The molecule has 86 valence electrons. The molecule has 0 bridgehead atoms. The molecular formula is C7H10N6O2S. The molecule has 0 amide bonds. The Labute approximate surface area is 91.3 Å². The molecule has 16 heavy (non-hydrogen) atoms. The van der Waals surface area contributed by atoms with Crippen molar-refractivity contribution in [1.29, 1.82) is 0 Å². The SMILES string of the molecule is NCc1cn[nH]c1NS(=O)(=O)c1cn[nH]c1. The first-order valence-electron chi connectivity index (χ1n) is 4.37. The topological polar surface area (TPSA) is 130 Å². The third-order valence-corrected chi connectivity index (χ3v) is 3.27. The zero-order chi connectivity index (χ0) is 11.6. The van der Waals surface area contributed by atoms with Crippen LogP contribution in [0, 0.1) is 0 Å². The van der Waals surface area contributed by atoms with Crippen LogP contribution in [0.15, 0.2) is 23.5 Å². The lowest BCUT2D eigenvalue weighted by atomic mass is 10.3. The highest BCUT2D eigenvalue weighted by Gasteiger charge is 2.17. The minimum Gasteiger partial charge on any atom is -0.326 e. The maximum atomic E-state index is 11.8. The van der Waals surface area contributed by atoms with Gasteiger partial charge in [0.15, 0.2) is 0 Å². The number of nitrogens with two attached hydrogens (primary N) is 1. The Morgan fingerprint density at radius 3 is 2.81 bits per heavy atom. The lowest BCUT2D eigenvalue weighted by Gasteiger charge is -2.04. The quantitative estimate of drug-likeness (QED) is 0.568. The summed E-state index contributed by atoms with van der Waals surface area (Å²) in [5.41, 5.74) is 6.01. The highest BCUT2D eigenvalue weighted by molar-refractivity contribution is 7.92. The summed E-state index contributed by atoms with van der Waals surface area (Å²) in [4.78, 5) is 0.0464. The summed E-state index contributed by atoms with van der Waals surface area (Å²) in [5.74, 6) is 0.267. The molecule has 2 rings (SSSR count). The van der Waals surface area contributed by atoms with Crippen LogP contribution in [-0.2, 0) is 16.6 Å². The van der Waals surface area contributed by atoms with Gasteiger partial charge < -0.3 is 5.73 Å². The molecule has 0 unspecified atom stereocenters. The Morgan fingerprint density at radius 2 is 2.19 bits per heavy atom. The van der Waals surface area contributed by atoms with Gasteiger partial charge in [-0.3, -0.25) is 14.9 Å². The van der Waals surface area contributed by atoms with Crippen LogP contribution in [0.25, 0.3) is 0 Å². The molecule has 2 aromatic rings. The van der Waals surface area contributed by atoms with Crippen molar-refractivity contribution in [3.63, 3.8) is 0 Å². The Hall–Kier alpha value is -1.87. The molecule has 0 aromatic carbocycles. The molecule has 2 heterocycles. The maximum absolute atomic E-state index is 11.8. The van der Waals surface area contributed by atoms with Crippen LogP contribution < -0.4 is 10.5 Å². The fourth-order valence-corrected chi connectivity index (χ4v) is 2.10. The molecule has 0 aliphatic carbocycles. The van der Waals surface area contributed by atoms with Gasteiger partial charge in [-0.05, 0) is 0 Å². The lowest BCUT2D eigenvalue weighted by Crippen LogP contribution is -2.14. The van der Waals surface area contributed by atoms with Crippen molar-refractivity contribution >= 4 is 15.8 Å². The van der Waals surface area contributed by atoms with Crippen LogP contribution in [-0.4, -0.2) is 28.8 Å². The highest BCUT2D eigenvalue weighted by atomic mass is 32.2. The van der Waals surface area contributed by atoms with Gasteiger partial charge in [0.1, 0.15) is 10.7 Å². The van der Waals surface area contributed by atoms with Gasteiger partial charge in [0, 0.05) is 18.3 Å². The first-order chi connectivity index (χ1) is 7.63. The summed E-state index contributed by atoms with van der Waals surface area (Å²) in [5, 5.41) is 12.2. The van der Waals surface area contributed by atoms with Crippen LogP contribution in [0.5, 0.6) is 0 Å². The smallest absolute Gasteiger partial charge is 0.266 e. The number of sulfonamides is 1. The van der Waals surface area contributed by atoms with E-state index in [1.165, 1.54) is 18.6 Å². The number of hydrogen-bond donors (Lipinski definition) is 4. The summed E-state index contributed by atoms with van der Waals surface area (Å²) in [6.07, 6.45) is 3.95. The molecule has 2 aromatic heterocycles. The van der Waals surface area contributed by atoms with Crippen molar-refractivity contribution in [3.05, 3.63) is 24.2 Å². The normalized spacial score (nSPS) is 11.6. The number of hydrogen-bond acceptors (Lipinski definition) is 5. The molecular weight excluding hydrogens is 232 g/mol. The van der Waals surface area contributed by atoms with Gasteiger partial charge in [-0.25, -0.2) is 8.42 Å². The van der Waals surface area contributed by atoms with Crippen LogP contribution in [0.3, 0.4) is 0 Å². The Balaban J connectivity index is 2.29. The molecule has 9 heteroatoms. The minimum atomic E-state index is -3.64. The van der Waals surface area contributed by atoms with E-state index in [0.29, 0.717) is 5.56 Å². The van der Waals surface area contributed by atoms with E-state index in [0.717, 1.165) is 0 Å². The van der Waals surface area contributed by atoms with E-state index in [1.54, 1.807) is 0 Å². The number of nitrogens with zero attached hydrogens (tertiary/aromatic N) is 2. The number of rotatable bonds is 4. The largest absolute Gasteiger partial charge is 0.326 e. The second-order valence-electron chi connectivity index (χ2n) is 3.01. The number of H-pyrrole nitrogens is 2. The van der Waals surface area contributed by atoms with E-state index in [9.17, 15) is 8.42 Å². The van der Waals surface area contributed by atoms with Crippen molar-refractivity contribution in [3.8, 4) is 0 Å². The van der Waals surface area contributed by atoms with Gasteiger partial charge in [-0.1, -0.05) is 0 Å². The zero-order valence-corrected chi connectivity index (χ0v) is 8.95. The first kappa shape index (κ1) is 10.6. The number of anilines is 1. The van der Waals surface area contributed by atoms with Crippen LogP contribution >= 0.6 is 0 Å². The predicted octanol–water partition coefficient (Wildman–Crippen LogP) is -0.608.